The minimum atomic E-state index is -0.294. The second-order valence-corrected chi connectivity index (χ2v) is 11.1. The van der Waals surface area contributed by atoms with Crippen molar-refractivity contribution in [1.82, 2.24) is 9.97 Å². The number of thiazole rings is 1. The molecule has 174 valence electrons. The molecule has 1 N–H and O–H groups in total. The predicted octanol–water partition coefficient (Wildman–Crippen LogP) is 7.33. The average molecular weight is 506 g/mol. The van der Waals surface area contributed by atoms with E-state index in [1.54, 1.807) is 35.2 Å². The Morgan fingerprint density at radius 1 is 0.917 bits per heavy atom. The van der Waals surface area contributed by atoms with E-state index in [0.29, 0.717) is 16.8 Å². The highest BCUT2D eigenvalue weighted by Crippen LogP contribution is 2.38. The summed E-state index contributed by atoms with van der Waals surface area (Å²) in [5.74, 6) is 0.224. The van der Waals surface area contributed by atoms with Crippen LogP contribution in [0, 0.1) is 6.92 Å². The zero-order valence-electron chi connectivity index (χ0n) is 19.2. The van der Waals surface area contributed by atoms with Gasteiger partial charge < -0.3 is 4.98 Å². The van der Waals surface area contributed by atoms with Crippen LogP contribution in [0.1, 0.15) is 32.0 Å². The van der Waals surface area contributed by atoms with Crippen LogP contribution in [0.15, 0.2) is 83.2 Å². The van der Waals surface area contributed by atoms with E-state index in [-0.39, 0.29) is 11.8 Å². The van der Waals surface area contributed by atoms with Crippen LogP contribution < -0.4 is 4.90 Å². The maximum Gasteiger partial charge on any atom is 0.265 e. The normalized spacial score (nSPS) is 13.4. The molecule has 0 fully saturated rings. The quantitative estimate of drug-likeness (QED) is 0.201. The molecule has 36 heavy (non-hydrogen) atoms. The molecule has 0 radical (unpaired) electrons. The number of carbonyl (C=O) groups excluding carboxylic acids is 2. The third kappa shape index (κ3) is 3.20. The van der Waals surface area contributed by atoms with E-state index in [9.17, 15) is 9.59 Å². The molecule has 1 aliphatic heterocycles. The molecule has 0 saturated carbocycles. The predicted molar refractivity (Wildman–Crippen MR) is 147 cm³/mol. The molecule has 0 unspecified atom stereocenters. The van der Waals surface area contributed by atoms with Crippen LogP contribution in [0.4, 0.5) is 5.69 Å². The summed E-state index contributed by atoms with van der Waals surface area (Å²) >= 11 is 3.29. The molecule has 1 aliphatic rings. The first kappa shape index (κ1) is 21.4. The largest absolute Gasteiger partial charge is 0.358 e. The van der Waals surface area contributed by atoms with Gasteiger partial charge in [0.1, 0.15) is 0 Å². The molecule has 0 saturated heterocycles. The number of thioether (sulfide) groups is 1. The van der Waals surface area contributed by atoms with Crippen molar-refractivity contribution in [2.75, 3.05) is 4.90 Å². The van der Waals surface area contributed by atoms with Crippen molar-refractivity contribution in [3.8, 4) is 0 Å². The summed E-state index contributed by atoms with van der Waals surface area (Å²) in [5, 5.41) is 2.87. The molecule has 4 aromatic carbocycles. The Kier molecular flexibility index (Phi) is 4.77. The van der Waals surface area contributed by atoms with Crippen LogP contribution >= 0.6 is 23.1 Å². The number of amides is 2. The summed E-state index contributed by atoms with van der Waals surface area (Å²) in [6, 6.07) is 25.1. The van der Waals surface area contributed by atoms with Gasteiger partial charge in [0.15, 0.2) is 4.34 Å². The Bertz CT molecular complexity index is 1820. The fourth-order valence-electron chi connectivity index (χ4n) is 5.01. The van der Waals surface area contributed by atoms with Crippen LogP contribution in [0.3, 0.4) is 0 Å². The number of benzene rings is 4. The maximum absolute atomic E-state index is 13.4. The van der Waals surface area contributed by atoms with E-state index < -0.39 is 0 Å². The Hall–Kier alpha value is -3.94. The molecular formula is C29H19N3O2S2. The number of imide groups is 1. The number of hydrogen-bond donors (Lipinski definition) is 1. The Balaban J connectivity index is 1.22. The van der Waals surface area contributed by atoms with Crippen LogP contribution in [0.5, 0.6) is 0 Å². The third-order valence-electron chi connectivity index (χ3n) is 6.75. The molecule has 0 atom stereocenters. The van der Waals surface area contributed by atoms with Crippen molar-refractivity contribution in [1.29, 1.82) is 0 Å². The van der Waals surface area contributed by atoms with Crippen molar-refractivity contribution in [2.24, 2.45) is 0 Å². The fourth-order valence-corrected chi connectivity index (χ4v) is 7.23. The van der Waals surface area contributed by atoms with Crippen molar-refractivity contribution in [2.45, 2.75) is 17.0 Å². The molecule has 7 heteroatoms. The highest BCUT2D eigenvalue weighted by atomic mass is 32.2. The number of aromatic nitrogens is 2. The molecule has 0 bridgehead atoms. The number of fused-ring (bicyclic) bond motifs is 2. The van der Waals surface area contributed by atoms with Crippen molar-refractivity contribution < 1.29 is 9.59 Å². The minimum Gasteiger partial charge on any atom is -0.358 e. The third-order valence-corrected chi connectivity index (χ3v) is 8.94. The van der Waals surface area contributed by atoms with E-state index in [1.807, 2.05) is 48.5 Å². The molecule has 3 heterocycles. The number of aromatic amines is 1. The lowest BCUT2D eigenvalue weighted by molar-refractivity contribution is 0.0893. The Labute approximate surface area is 214 Å². The van der Waals surface area contributed by atoms with Crippen LogP contribution in [-0.4, -0.2) is 21.8 Å². The maximum atomic E-state index is 13.4. The monoisotopic (exact) mass is 505 g/mol. The van der Waals surface area contributed by atoms with Gasteiger partial charge in [-0.1, -0.05) is 54.2 Å². The summed E-state index contributed by atoms with van der Waals surface area (Å²) in [4.78, 5) is 36.4. The first-order valence-corrected chi connectivity index (χ1v) is 13.4. The number of anilines is 1. The van der Waals surface area contributed by atoms with Gasteiger partial charge in [0.2, 0.25) is 0 Å². The van der Waals surface area contributed by atoms with Gasteiger partial charge >= 0.3 is 0 Å². The van der Waals surface area contributed by atoms with Crippen molar-refractivity contribution in [3.63, 3.8) is 0 Å². The lowest BCUT2D eigenvalue weighted by Crippen LogP contribution is -2.40. The van der Waals surface area contributed by atoms with Crippen molar-refractivity contribution >= 4 is 72.5 Å². The first-order valence-electron chi connectivity index (χ1n) is 11.6. The number of nitrogens with zero attached hydrogens (tertiary/aromatic N) is 2. The van der Waals surface area contributed by atoms with Gasteiger partial charge in [-0.3, -0.25) is 9.59 Å². The second-order valence-electron chi connectivity index (χ2n) is 8.85. The molecule has 6 aromatic rings. The standard InChI is InChI=1S/C29H19N3O2S2/c1-16-22(19-8-2-3-11-23(19)30-16)15-35-29-31-24-13-12-18(14-25(24)36-29)32-27(33)20-9-4-6-17-7-5-10-21(26(17)20)28(32)34/h2-14,30H,15H2,1H3. The first-order chi connectivity index (χ1) is 17.6. The average Bonchev–Trinajstić information content (AvgIpc) is 3.45. The van der Waals surface area contributed by atoms with E-state index in [0.717, 1.165) is 36.6 Å². The van der Waals surface area contributed by atoms with Crippen molar-refractivity contribution in [3.05, 3.63) is 101 Å². The molecule has 2 amide bonds. The summed E-state index contributed by atoms with van der Waals surface area (Å²) in [6.07, 6.45) is 0. The molecule has 0 aliphatic carbocycles. The number of nitrogens with one attached hydrogen (secondary N) is 1. The smallest absolute Gasteiger partial charge is 0.265 e. The fraction of sp³-hybridized carbons (Fsp3) is 0.0690. The Morgan fingerprint density at radius 2 is 1.67 bits per heavy atom. The molecular weight excluding hydrogens is 486 g/mol. The molecule has 5 nitrogen and oxygen atoms in total. The Morgan fingerprint density at radius 3 is 2.44 bits per heavy atom. The van der Waals surface area contributed by atoms with Gasteiger partial charge in [-0.25, -0.2) is 9.88 Å². The van der Waals surface area contributed by atoms with Gasteiger partial charge in [-0.2, -0.15) is 0 Å². The SMILES string of the molecule is Cc1[nH]c2ccccc2c1CSc1nc2ccc(N3C(=O)c4cccc5cccc(c45)C3=O)cc2s1. The van der Waals surface area contributed by atoms with E-state index in [2.05, 4.69) is 30.1 Å². The molecule has 2 aromatic heterocycles. The van der Waals surface area contributed by atoms with Gasteiger partial charge in [-0.15, -0.1) is 11.3 Å². The summed E-state index contributed by atoms with van der Waals surface area (Å²) in [6.45, 7) is 2.10. The zero-order chi connectivity index (χ0) is 24.4. The van der Waals surface area contributed by atoms with Crippen LogP contribution in [-0.2, 0) is 5.75 Å². The zero-order valence-corrected chi connectivity index (χ0v) is 20.9. The number of para-hydroxylation sites is 1. The van der Waals surface area contributed by atoms with Gasteiger partial charge in [0.05, 0.1) is 15.9 Å². The number of H-pyrrole nitrogens is 1. The summed E-state index contributed by atoms with van der Waals surface area (Å²) < 4.78 is 1.90. The van der Waals surface area contributed by atoms with Crippen LogP contribution in [0.25, 0.3) is 31.9 Å². The molecule has 0 spiro atoms. The van der Waals surface area contributed by atoms with Gasteiger partial charge in [0, 0.05) is 38.9 Å². The number of rotatable bonds is 4. The number of aryl methyl sites for hydroxylation is 1. The van der Waals surface area contributed by atoms with E-state index >= 15 is 0 Å². The minimum absolute atomic E-state index is 0.294. The van der Waals surface area contributed by atoms with Gasteiger partial charge in [-0.05, 0) is 54.3 Å². The van der Waals surface area contributed by atoms with Crippen LogP contribution in [0.2, 0.25) is 0 Å². The number of hydrogen-bond acceptors (Lipinski definition) is 5. The summed E-state index contributed by atoms with van der Waals surface area (Å²) in [7, 11) is 0. The molecule has 7 rings (SSSR count). The summed E-state index contributed by atoms with van der Waals surface area (Å²) in [5.41, 5.74) is 6.14. The highest BCUT2D eigenvalue weighted by Gasteiger charge is 2.34. The lowest BCUT2D eigenvalue weighted by Gasteiger charge is -2.27. The van der Waals surface area contributed by atoms with Gasteiger partial charge in [0.25, 0.3) is 11.8 Å². The second kappa shape index (κ2) is 8.05. The topological polar surface area (TPSA) is 66.1 Å². The van der Waals surface area contributed by atoms with E-state index in [1.165, 1.54) is 21.5 Å². The van der Waals surface area contributed by atoms with E-state index in [4.69, 9.17) is 4.98 Å². The lowest BCUT2D eigenvalue weighted by atomic mass is 9.94. The highest BCUT2D eigenvalue weighted by molar-refractivity contribution is 8.00. The number of carbonyl (C=O) groups is 2.